The van der Waals surface area contributed by atoms with Gasteiger partial charge in [-0.1, -0.05) is 41.9 Å². The summed E-state index contributed by atoms with van der Waals surface area (Å²) >= 11 is 7.19. The number of benzene rings is 1. The van der Waals surface area contributed by atoms with Crippen LogP contribution < -0.4 is 4.90 Å². The summed E-state index contributed by atoms with van der Waals surface area (Å²) in [5.74, 6) is 1.42. The molecule has 3 nitrogen and oxygen atoms in total. The Kier molecular flexibility index (Phi) is 2.99. The van der Waals surface area contributed by atoms with Crippen LogP contribution in [0.1, 0.15) is 17.9 Å². The lowest BCUT2D eigenvalue weighted by Crippen LogP contribution is -2.19. The molecule has 0 bridgehead atoms. The standard InChI is InChI=1S/C12H12ClN3S/c13-11-12(15-17-14-11)16-7-6-10(8-16)9-4-2-1-3-5-9/h1-5,10H,6-8H2. The fourth-order valence-electron chi connectivity index (χ4n) is 2.31. The number of nitrogens with zero attached hydrogens (tertiary/aromatic N) is 3. The Morgan fingerprint density at radius 3 is 2.76 bits per heavy atom. The molecule has 0 aliphatic carbocycles. The molecule has 1 atom stereocenters. The van der Waals surface area contributed by atoms with Crippen LogP contribution in [0.3, 0.4) is 0 Å². The maximum absolute atomic E-state index is 6.01. The molecular weight excluding hydrogens is 254 g/mol. The van der Waals surface area contributed by atoms with Crippen molar-refractivity contribution >= 4 is 29.1 Å². The topological polar surface area (TPSA) is 29.0 Å². The molecule has 5 heteroatoms. The van der Waals surface area contributed by atoms with E-state index in [-0.39, 0.29) is 0 Å². The molecule has 1 unspecified atom stereocenters. The number of hydrogen-bond acceptors (Lipinski definition) is 4. The van der Waals surface area contributed by atoms with Gasteiger partial charge in [0.25, 0.3) is 0 Å². The van der Waals surface area contributed by atoms with Crippen molar-refractivity contribution in [2.24, 2.45) is 0 Å². The predicted molar refractivity (Wildman–Crippen MR) is 70.9 cm³/mol. The van der Waals surface area contributed by atoms with Crippen LogP contribution in [-0.4, -0.2) is 21.8 Å². The second-order valence-electron chi connectivity index (χ2n) is 4.22. The Hall–Kier alpha value is -1.13. The van der Waals surface area contributed by atoms with E-state index in [0.29, 0.717) is 11.1 Å². The fraction of sp³-hybridized carbons (Fsp3) is 0.333. The maximum Gasteiger partial charge on any atom is 0.187 e. The van der Waals surface area contributed by atoms with Crippen LogP contribution >= 0.6 is 23.3 Å². The highest BCUT2D eigenvalue weighted by Gasteiger charge is 2.26. The second kappa shape index (κ2) is 4.63. The molecule has 0 radical (unpaired) electrons. The minimum atomic E-state index is 0.531. The first kappa shape index (κ1) is 11.0. The Labute approximate surface area is 109 Å². The van der Waals surface area contributed by atoms with Crippen LogP contribution in [0.5, 0.6) is 0 Å². The third-order valence-corrected chi connectivity index (χ3v) is 4.06. The van der Waals surface area contributed by atoms with Gasteiger partial charge in [0.05, 0.1) is 11.7 Å². The van der Waals surface area contributed by atoms with E-state index in [0.717, 1.165) is 25.3 Å². The second-order valence-corrected chi connectivity index (χ2v) is 5.11. The highest BCUT2D eigenvalue weighted by molar-refractivity contribution is 6.99. The lowest BCUT2D eigenvalue weighted by Gasteiger charge is -2.15. The first-order chi connectivity index (χ1) is 8.34. The van der Waals surface area contributed by atoms with Gasteiger partial charge in [0, 0.05) is 19.0 Å². The van der Waals surface area contributed by atoms with E-state index in [1.165, 1.54) is 17.3 Å². The summed E-state index contributed by atoms with van der Waals surface area (Å²) in [4.78, 5) is 2.23. The molecule has 1 aliphatic heterocycles. The van der Waals surface area contributed by atoms with Crippen molar-refractivity contribution in [3.63, 3.8) is 0 Å². The minimum absolute atomic E-state index is 0.531. The molecule has 0 amide bonds. The van der Waals surface area contributed by atoms with Gasteiger partial charge in [-0.2, -0.15) is 8.75 Å². The molecule has 0 saturated carbocycles. The third kappa shape index (κ3) is 2.15. The van der Waals surface area contributed by atoms with Gasteiger partial charge < -0.3 is 4.90 Å². The van der Waals surface area contributed by atoms with Gasteiger partial charge in [-0.15, -0.1) is 0 Å². The van der Waals surface area contributed by atoms with Crippen LogP contribution in [0.2, 0.25) is 5.15 Å². The largest absolute Gasteiger partial charge is 0.353 e. The van der Waals surface area contributed by atoms with Crippen molar-refractivity contribution in [1.29, 1.82) is 0 Å². The predicted octanol–water partition coefficient (Wildman–Crippen LogP) is 3.19. The zero-order valence-corrected chi connectivity index (χ0v) is 10.8. The van der Waals surface area contributed by atoms with Crippen LogP contribution in [0.15, 0.2) is 30.3 Å². The van der Waals surface area contributed by atoms with Gasteiger partial charge in [-0.3, -0.25) is 0 Å². The van der Waals surface area contributed by atoms with E-state index in [1.54, 1.807) is 0 Å². The van der Waals surface area contributed by atoms with Gasteiger partial charge in [-0.25, -0.2) is 0 Å². The van der Waals surface area contributed by atoms with Gasteiger partial charge in [0.1, 0.15) is 0 Å². The summed E-state index contributed by atoms with van der Waals surface area (Å²) in [5, 5.41) is 0.531. The highest BCUT2D eigenvalue weighted by Crippen LogP contribution is 2.32. The SMILES string of the molecule is Clc1nsnc1N1CCC(c2ccccc2)C1. The van der Waals surface area contributed by atoms with E-state index in [1.807, 2.05) is 0 Å². The number of hydrogen-bond donors (Lipinski definition) is 0. The van der Waals surface area contributed by atoms with Crippen molar-refractivity contribution in [2.75, 3.05) is 18.0 Å². The molecule has 3 rings (SSSR count). The average molecular weight is 266 g/mol. The number of halogens is 1. The Morgan fingerprint density at radius 2 is 2.06 bits per heavy atom. The molecule has 0 spiro atoms. The summed E-state index contributed by atoms with van der Waals surface area (Å²) in [6, 6.07) is 10.6. The fourth-order valence-corrected chi connectivity index (χ4v) is 3.09. The van der Waals surface area contributed by atoms with E-state index in [2.05, 4.69) is 44.0 Å². The van der Waals surface area contributed by atoms with Crippen molar-refractivity contribution in [3.05, 3.63) is 41.0 Å². The number of anilines is 1. The monoisotopic (exact) mass is 265 g/mol. The zero-order valence-electron chi connectivity index (χ0n) is 9.21. The van der Waals surface area contributed by atoms with Crippen LogP contribution in [0, 0.1) is 0 Å². The molecule has 1 aromatic heterocycles. The minimum Gasteiger partial charge on any atom is -0.353 e. The molecular formula is C12H12ClN3S. The van der Waals surface area contributed by atoms with E-state index in [4.69, 9.17) is 11.6 Å². The summed E-state index contributed by atoms with van der Waals surface area (Å²) < 4.78 is 8.26. The molecule has 1 aliphatic rings. The first-order valence-corrected chi connectivity index (χ1v) is 6.73. The molecule has 1 fully saturated rings. The molecule has 17 heavy (non-hydrogen) atoms. The Morgan fingerprint density at radius 1 is 1.24 bits per heavy atom. The lowest BCUT2D eigenvalue weighted by molar-refractivity contribution is 0.774. The van der Waals surface area contributed by atoms with E-state index < -0.39 is 0 Å². The van der Waals surface area contributed by atoms with Crippen molar-refractivity contribution in [3.8, 4) is 0 Å². The summed E-state index contributed by atoms with van der Waals surface area (Å²) in [6.45, 7) is 1.99. The highest BCUT2D eigenvalue weighted by atomic mass is 35.5. The third-order valence-electron chi connectivity index (χ3n) is 3.19. The summed E-state index contributed by atoms with van der Waals surface area (Å²) in [7, 11) is 0. The van der Waals surface area contributed by atoms with Gasteiger partial charge in [-0.05, 0) is 12.0 Å². The van der Waals surface area contributed by atoms with Crippen LogP contribution in [-0.2, 0) is 0 Å². The quantitative estimate of drug-likeness (QED) is 0.835. The lowest BCUT2D eigenvalue weighted by atomic mass is 9.99. The molecule has 88 valence electrons. The van der Waals surface area contributed by atoms with Crippen molar-refractivity contribution in [2.45, 2.75) is 12.3 Å². The van der Waals surface area contributed by atoms with Crippen molar-refractivity contribution < 1.29 is 0 Å². The summed E-state index contributed by atoms with van der Waals surface area (Å²) in [6.07, 6.45) is 1.15. The molecule has 2 heterocycles. The normalized spacial score (nSPS) is 19.8. The molecule has 0 N–H and O–H groups in total. The summed E-state index contributed by atoms with van der Waals surface area (Å²) in [5.41, 5.74) is 1.40. The zero-order chi connectivity index (χ0) is 11.7. The van der Waals surface area contributed by atoms with Gasteiger partial charge >= 0.3 is 0 Å². The Balaban J connectivity index is 1.77. The first-order valence-electron chi connectivity index (χ1n) is 5.62. The van der Waals surface area contributed by atoms with Gasteiger partial charge in [0.15, 0.2) is 11.0 Å². The van der Waals surface area contributed by atoms with Crippen LogP contribution in [0.4, 0.5) is 5.82 Å². The van der Waals surface area contributed by atoms with Gasteiger partial charge in [0.2, 0.25) is 0 Å². The van der Waals surface area contributed by atoms with E-state index in [9.17, 15) is 0 Å². The molecule has 2 aromatic rings. The Bertz CT molecular complexity index is 499. The van der Waals surface area contributed by atoms with E-state index >= 15 is 0 Å². The average Bonchev–Trinajstić information content (AvgIpc) is 2.98. The van der Waals surface area contributed by atoms with Crippen molar-refractivity contribution in [1.82, 2.24) is 8.75 Å². The molecule has 1 saturated heterocycles. The number of rotatable bonds is 2. The number of aromatic nitrogens is 2. The van der Waals surface area contributed by atoms with Crippen LogP contribution in [0.25, 0.3) is 0 Å². The smallest absolute Gasteiger partial charge is 0.187 e. The molecule has 1 aromatic carbocycles. The maximum atomic E-state index is 6.01.